The second-order valence-corrected chi connectivity index (χ2v) is 4.82. The molecule has 0 aliphatic carbocycles. The van der Waals surface area contributed by atoms with Crippen molar-refractivity contribution in [1.29, 1.82) is 0 Å². The summed E-state index contributed by atoms with van der Waals surface area (Å²) < 4.78 is 39.9. The summed E-state index contributed by atoms with van der Waals surface area (Å²) in [4.78, 5) is 22.8. The van der Waals surface area contributed by atoms with Crippen LogP contribution in [0.5, 0.6) is 5.75 Å². The van der Waals surface area contributed by atoms with Crippen LogP contribution in [-0.2, 0) is 4.79 Å². The Balaban J connectivity index is 1.92. The van der Waals surface area contributed by atoms with Crippen molar-refractivity contribution in [1.82, 2.24) is 15.9 Å². The monoisotopic (exact) mass is 345 g/mol. The molecule has 2 rings (SSSR count). The third-order valence-corrected chi connectivity index (χ3v) is 2.84. The molecule has 1 heterocycles. The van der Waals surface area contributed by atoms with Crippen LogP contribution >= 0.6 is 0 Å². The van der Waals surface area contributed by atoms with Gasteiger partial charge in [-0.2, -0.15) is 10.1 Å². The summed E-state index contributed by atoms with van der Waals surface area (Å²) in [6, 6.07) is 3.97. The van der Waals surface area contributed by atoms with Crippen molar-refractivity contribution in [3.05, 3.63) is 24.3 Å². The van der Waals surface area contributed by atoms with Crippen LogP contribution in [0.4, 0.5) is 23.7 Å². The maximum atomic E-state index is 12.1. The van der Waals surface area contributed by atoms with E-state index in [0.29, 0.717) is 12.0 Å². The van der Waals surface area contributed by atoms with Gasteiger partial charge in [0.2, 0.25) is 0 Å². The minimum absolute atomic E-state index is 0.238. The molecule has 130 valence electrons. The first-order chi connectivity index (χ1) is 11.3. The highest BCUT2D eigenvalue weighted by molar-refractivity contribution is 5.90. The zero-order chi connectivity index (χ0) is 17.7. The lowest BCUT2D eigenvalue weighted by atomic mass is 10.3. The van der Waals surface area contributed by atoms with Crippen molar-refractivity contribution in [3.8, 4) is 5.75 Å². The van der Waals surface area contributed by atoms with Crippen molar-refractivity contribution in [3.63, 3.8) is 0 Å². The first kappa shape index (κ1) is 17.5. The molecule has 0 saturated heterocycles. The normalized spacial score (nSPS) is 18.2. The van der Waals surface area contributed by atoms with E-state index in [1.54, 1.807) is 6.92 Å². The predicted molar refractivity (Wildman–Crippen MR) is 78.1 cm³/mol. The highest BCUT2D eigenvalue weighted by Gasteiger charge is 2.31. The Morgan fingerprint density at radius 3 is 2.67 bits per heavy atom. The van der Waals surface area contributed by atoms with E-state index in [1.807, 2.05) is 0 Å². The number of benzene rings is 1. The van der Waals surface area contributed by atoms with Crippen molar-refractivity contribution < 1.29 is 27.5 Å². The minimum atomic E-state index is -4.78. The number of amides is 2. The Hall–Kier alpha value is -2.82. The molecule has 1 aromatic rings. The van der Waals surface area contributed by atoms with Crippen molar-refractivity contribution in [2.45, 2.75) is 19.5 Å². The van der Waals surface area contributed by atoms with Gasteiger partial charge in [-0.15, -0.1) is 13.2 Å². The molecule has 1 aliphatic heterocycles. The lowest BCUT2D eigenvalue weighted by Crippen LogP contribution is -2.59. The number of anilines is 1. The minimum Gasteiger partial charge on any atom is -0.406 e. The quantitative estimate of drug-likeness (QED) is 0.718. The second-order valence-electron chi connectivity index (χ2n) is 4.82. The van der Waals surface area contributed by atoms with E-state index in [-0.39, 0.29) is 12.2 Å². The van der Waals surface area contributed by atoms with Crippen LogP contribution in [0.15, 0.2) is 29.4 Å². The van der Waals surface area contributed by atoms with Crippen LogP contribution in [0, 0.1) is 0 Å². The summed E-state index contributed by atoms with van der Waals surface area (Å²) in [5, 5.41) is 7.63. The maximum absolute atomic E-state index is 12.1. The lowest BCUT2D eigenvalue weighted by Gasteiger charge is -2.31. The number of nitrogens with one attached hydrogen (secondary N) is 3. The number of ether oxygens (including phenoxy) is 1. The third kappa shape index (κ3) is 5.12. The van der Waals surface area contributed by atoms with E-state index in [4.69, 9.17) is 0 Å². The summed E-state index contributed by atoms with van der Waals surface area (Å²) >= 11 is 0. The van der Waals surface area contributed by atoms with Crippen LogP contribution in [0.2, 0.25) is 0 Å². The Bertz CT molecular complexity index is 633. The molecule has 2 amide bonds. The molecule has 11 heteroatoms. The molecule has 1 aromatic carbocycles. The van der Waals surface area contributed by atoms with E-state index >= 15 is 0 Å². The molecule has 1 aliphatic rings. The van der Waals surface area contributed by atoms with Gasteiger partial charge in [0.05, 0.1) is 12.3 Å². The number of halogens is 3. The third-order valence-electron chi connectivity index (χ3n) is 2.84. The number of alkyl halides is 3. The van der Waals surface area contributed by atoms with Gasteiger partial charge in [0.15, 0.2) is 12.5 Å². The van der Waals surface area contributed by atoms with Crippen LogP contribution < -0.4 is 20.9 Å². The summed E-state index contributed by atoms with van der Waals surface area (Å²) in [5.74, 6) is -0.401. The molecule has 3 N–H and O–H groups in total. The molecule has 1 atom stereocenters. The number of hydrogen-bond acceptors (Lipinski definition) is 6. The van der Waals surface area contributed by atoms with E-state index in [9.17, 15) is 22.8 Å². The molecule has 0 fully saturated rings. The number of carbonyl (C=O) groups is 2. The highest BCUT2D eigenvalue weighted by atomic mass is 19.4. The zero-order valence-electron chi connectivity index (χ0n) is 12.4. The van der Waals surface area contributed by atoms with Crippen molar-refractivity contribution in [2.24, 2.45) is 5.10 Å². The fourth-order valence-electron chi connectivity index (χ4n) is 1.87. The van der Waals surface area contributed by atoms with Crippen LogP contribution in [0.25, 0.3) is 0 Å². The van der Waals surface area contributed by atoms with Crippen LogP contribution in [0.3, 0.4) is 0 Å². The van der Waals surface area contributed by atoms with Gasteiger partial charge in [-0.1, -0.05) is 0 Å². The van der Waals surface area contributed by atoms with Gasteiger partial charge < -0.3 is 10.1 Å². The number of aldehydes is 1. The largest absolute Gasteiger partial charge is 0.573 e. The first-order valence-corrected chi connectivity index (χ1v) is 6.71. The number of carbonyl (C=O) groups excluding carboxylic acids is 2. The molecular weight excluding hydrogens is 331 g/mol. The van der Waals surface area contributed by atoms with E-state index in [0.717, 1.165) is 12.1 Å². The van der Waals surface area contributed by atoms with Crippen LogP contribution in [0.1, 0.15) is 6.92 Å². The van der Waals surface area contributed by atoms with Gasteiger partial charge in [0.1, 0.15) is 5.75 Å². The Labute approximate surface area is 134 Å². The van der Waals surface area contributed by atoms with Gasteiger partial charge in [0, 0.05) is 5.69 Å². The van der Waals surface area contributed by atoms with E-state index < -0.39 is 24.3 Å². The molecule has 0 aromatic heterocycles. The summed E-state index contributed by atoms with van der Waals surface area (Å²) in [6.45, 7) is 1.95. The molecule has 0 saturated carbocycles. The predicted octanol–water partition coefficient (Wildman–Crippen LogP) is 1.43. The molecular formula is C13H14F3N5O3. The highest BCUT2D eigenvalue weighted by Crippen LogP contribution is 2.23. The molecule has 1 unspecified atom stereocenters. The number of hydrazine groups is 1. The topological polar surface area (TPSA) is 95.1 Å². The van der Waals surface area contributed by atoms with Gasteiger partial charge >= 0.3 is 12.4 Å². The maximum Gasteiger partial charge on any atom is 0.573 e. The van der Waals surface area contributed by atoms with Gasteiger partial charge in [-0.25, -0.2) is 4.79 Å². The van der Waals surface area contributed by atoms with Gasteiger partial charge in [-0.3, -0.25) is 15.6 Å². The lowest BCUT2D eigenvalue weighted by molar-refractivity contribution is -0.274. The van der Waals surface area contributed by atoms with Gasteiger partial charge in [0.25, 0.3) is 0 Å². The zero-order valence-corrected chi connectivity index (χ0v) is 12.4. The molecule has 8 nitrogen and oxygen atoms in total. The number of nitrogens with zero attached hydrogens (tertiary/aromatic N) is 2. The summed E-state index contributed by atoms with van der Waals surface area (Å²) in [6.07, 6.45) is -5.03. The number of hydrazone groups is 1. The number of urea groups is 1. The van der Waals surface area contributed by atoms with Crippen molar-refractivity contribution >= 4 is 23.7 Å². The van der Waals surface area contributed by atoms with Crippen LogP contribution in [-0.4, -0.2) is 42.1 Å². The standard InChI is InChI=1S/C13H14F3N5O3/c1-8-6-21(11(7-22)19-18-8)20-12(23)17-9-2-4-10(5-3-9)24-13(14,15)16/h2-5,7,11,19H,6H2,1H3,(H2,17,20,23). The number of rotatable bonds is 4. The summed E-state index contributed by atoms with van der Waals surface area (Å²) in [7, 11) is 0. The first-order valence-electron chi connectivity index (χ1n) is 6.71. The SMILES string of the molecule is CC1=NNC(C=O)N(NC(=O)Nc2ccc(OC(F)(F)F)cc2)C1. The summed E-state index contributed by atoms with van der Waals surface area (Å²) in [5.41, 5.74) is 5.90. The number of hydrogen-bond donors (Lipinski definition) is 3. The smallest absolute Gasteiger partial charge is 0.406 e. The molecule has 0 bridgehead atoms. The average Bonchev–Trinajstić information content (AvgIpc) is 2.48. The second kappa shape index (κ2) is 7.17. The molecule has 24 heavy (non-hydrogen) atoms. The van der Waals surface area contributed by atoms with Gasteiger partial charge in [-0.05, 0) is 31.2 Å². The fourth-order valence-corrected chi connectivity index (χ4v) is 1.87. The van der Waals surface area contributed by atoms with Crippen molar-refractivity contribution in [2.75, 3.05) is 11.9 Å². The van der Waals surface area contributed by atoms with E-state index in [2.05, 4.69) is 26.0 Å². The Morgan fingerprint density at radius 2 is 2.08 bits per heavy atom. The Morgan fingerprint density at radius 1 is 1.42 bits per heavy atom. The fraction of sp³-hybridized carbons (Fsp3) is 0.308. The molecule has 0 radical (unpaired) electrons. The van der Waals surface area contributed by atoms with E-state index in [1.165, 1.54) is 17.1 Å². The molecule has 0 spiro atoms. The average molecular weight is 345 g/mol. The Kier molecular flexibility index (Phi) is 5.24.